The molecule has 17 heavy (non-hydrogen) atoms. The number of hydrogen-bond donors (Lipinski definition) is 1. The molecule has 5 heteroatoms. The van der Waals surface area contributed by atoms with Crippen LogP contribution in [-0.2, 0) is 4.79 Å². The largest absolute Gasteiger partial charge is 0.341 e. The standard InChI is InChI=1S/C12H23N3O2/c1-3-4-6-13-12(17)15-8-5-7-14(9-10-15)11(2)16/h3-10H2,1-2H3,(H,13,17). The van der Waals surface area contributed by atoms with Crippen LogP contribution in [0, 0.1) is 0 Å². The Morgan fingerprint density at radius 2 is 1.76 bits per heavy atom. The summed E-state index contributed by atoms with van der Waals surface area (Å²) in [6, 6.07) is 0.00357. The normalized spacial score (nSPS) is 16.6. The molecule has 1 rings (SSSR count). The van der Waals surface area contributed by atoms with Crippen molar-refractivity contribution in [2.45, 2.75) is 33.1 Å². The van der Waals surface area contributed by atoms with E-state index in [4.69, 9.17) is 0 Å². The fourth-order valence-corrected chi connectivity index (χ4v) is 1.92. The Morgan fingerprint density at radius 3 is 2.41 bits per heavy atom. The molecule has 1 saturated heterocycles. The van der Waals surface area contributed by atoms with Crippen LogP contribution in [0.1, 0.15) is 33.1 Å². The predicted octanol–water partition coefficient (Wildman–Crippen LogP) is 1.05. The van der Waals surface area contributed by atoms with Crippen LogP contribution >= 0.6 is 0 Å². The smallest absolute Gasteiger partial charge is 0.317 e. The highest BCUT2D eigenvalue weighted by Crippen LogP contribution is 2.03. The molecule has 0 radical (unpaired) electrons. The van der Waals surface area contributed by atoms with E-state index in [-0.39, 0.29) is 11.9 Å². The van der Waals surface area contributed by atoms with Gasteiger partial charge in [0.25, 0.3) is 0 Å². The van der Waals surface area contributed by atoms with Crippen molar-refractivity contribution in [1.82, 2.24) is 15.1 Å². The molecule has 0 bridgehead atoms. The van der Waals surface area contributed by atoms with Crippen molar-refractivity contribution in [3.63, 3.8) is 0 Å². The Morgan fingerprint density at radius 1 is 1.12 bits per heavy atom. The van der Waals surface area contributed by atoms with Crippen molar-refractivity contribution in [2.75, 3.05) is 32.7 Å². The average Bonchev–Trinajstić information content (AvgIpc) is 2.54. The Balaban J connectivity index is 2.34. The highest BCUT2D eigenvalue weighted by atomic mass is 16.2. The number of unbranched alkanes of at least 4 members (excludes halogenated alkanes) is 1. The lowest BCUT2D eigenvalue weighted by atomic mass is 10.3. The Labute approximate surface area is 103 Å². The number of urea groups is 1. The van der Waals surface area contributed by atoms with E-state index in [0.29, 0.717) is 13.1 Å². The van der Waals surface area contributed by atoms with Gasteiger partial charge in [-0.1, -0.05) is 13.3 Å². The van der Waals surface area contributed by atoms with Crippen LogP contribution in [-0.4, -0.2) is 54.5 Å². The molecule has 1 heterocycles. The molecule has 0 saturated carbocycles. The molecule has 1 aliphatic rings. The summed E-state index contributed by atoms with van der Waals surface area (Å²) in [5.41, 5.74) is 0. The van der Waals surface area contributed by atoms with E-state index in [1.165, 1.54) is 0 Å². The van der Waals surface area contributed by atoms with E-state index in [2.05, 4.69) is 12.2 Å². The minimum absolute atomic E-state index is 0.00357. The lowest BCUT2D eigenvalue weighted by Crippen LogP contribution is -2.42. The van der Waals surface area contributed by atoms with Crippen LogP contribution in [0.2, 0.25) is 0 Å². The second-order valence-corrected chi connectivity index (χ2v) is 4.43. The number of amides is 3. The summed E-state index contributed by atoms with van der Waals surface area (Å²) in [5, 5.41) is 2.91. The maximum atomic E-state index is 11.8. The van der Waals surface area contributed by atoms with E-state index in [9.17, 15) is 9.59 Å². The zero-order valence-electron chi connectivity index (χ0n) is 10.9. The number of carbonyl (C=O) groups excluding carboxylic acids is 2. The zero-order chi connectivity index (χ0) is 12.7. The third-order valence-corrected chi connectivity index (χ3v) is 3.03. The van der Waals surface area contributed by atoms with Gasteiger partial charge in [-0.2, -0.15) is 0 Å². The lowest BCUT2D eigenvalue weighted by molar-refractivity contribution is -0.128. The maximum Gasteiger partial charge on any atom is 0.317 e. The molecule has 0 spiro atoms. The number of nitrogens with one attached hydrogen (secondary N) is 1. The first-order valence-corrected chi connectivity index (χ1v) is 6.43. The highest BCUT2D eigenvalue weighted by Gasteiger charge is 2.19. The molecule has 3 amide bonds. The fraction of sp³-hybridized carbons (Fsp3) is 0.833. The number of rotatable bonds is 3. The van der Waals surface area contributed by atoms with E-state index in [0.717, 1.165) is 38.9 Å². The van der Waals surface area contributed by atoms with Crippen LogP contribution in [0.3, 0.4) is 0 Å². The van der Waals surface area contributed by atoms with Gasteiger partial charge < -0.3 is 15.1 Å². The molecule has 0 aromatic heterocycles. The number of carbonyl (C=O) groups is 2. The van der Waals surface area contributed by atoms with Crippen molar-refractivity contribution in [1.29, 1.82) is 0 Å². The molecule has 5 nitrogen and oxygen atoms in total. The topological polar surface area (TPSA) is 52.7 Å². The summed E-state index contributed by atoms with van der Waals surface area (Å²) in [6.07, 6.45) is 2.96. The summed E-state index contributed by atoms with van der Waals surface area (Å²) in [6.45, 7) is 7.20. The van der Waals surface area contributed by atoms with Crippen LogP contribution in [0.25, 0.3) is 0 Å². The van der Waals surface area contributed by atoms with Crippen LogP contribution in [0.5, 0.6) is 0 Å². The summed E-state index contributed by atoms with van der Waals surface area (Å²) >= 11 is 0. The second kappa shape index (κ2) is 7.14. The van der Waals surface area contributed by atoms with Crippen LogP contribution < -0.4 is 5.32 Å². The molecule has 0 aliphatic carbocycles. The molecule has 98 valence electrons. The van der Waals surface area contributed by atoms with Crippen molar-refractivity contribution in [3.8, 4) is 0 Å². The van der Waals surface area contributed by atoms with E-state index >= 15 is 0 Å². The van der Waals surface area contributed by atoms with Crippen molar-refractivity contribution in [3.05, 3.63) is 0 Å². The third-order valence-electron chi connectivity index (χ3n) is 3.03. The Kier molecular flexibility index (Phi) is 5.80. The van der Waals surface area contributed by atoms with Gasteiger partial charge in [0.05, 0.1) is 0 Å². The number of nitrogens with zero attached hydrogens (tertiary/aromatic N) is 2. The molecule has 0 aromatic rings. The summed E-state index contributed by atoms with van der Waals surface area (Å²) in [7, 11) is 0. The quantitative estimate of drug-likeness (QED) is 0.751. The van der Waals surface area contributed by atoms with Crippen LogP contribution in [0.15, 0.2) is 0 Å². The van der Waals surface area contributed by atoms with Gasteiger partial charge in [0.15, 0.2) is 0 Å². The first-order valence-electron chi connectivity index (χ1n) is 6.43. The Bertz CT molecular complexity index is 268. The van der Waals surface area contributed by atoms with E-state index in [1.807, 2.05) is 0 Å². The summed E-state index contributed by atoms with van der Waals surface area (Å²) in [5.74, 6) is 0.0956. The molecular formula is C12H23N3O2. The minimum Gasteiger partial charge on any atom is -0.341 e. The van der Waals surface area contributed by atoms with E-state index in [1.54, 1.807) is 16.7 Å². The highest BCUT2D eigenvalue weighted by molar-refractivity contribution is 5.75. The second-order valence-electron chi connectivity index (χ2n) is 4.43. The average molecular weight is 241 g/mol. The fourth-order valence-electron chi connectivity index (χ4n) is 1.92. The molecule has 0 unspecified atom stereocenters. The van der Waals surface area contributed by atoms with E-state index < -0.39 is 0 Å². The van der Waals surface area contributed by atoms with Gasteiger partial charge in [0.2, 0.25) is 5.91 Å². The molecule has 1 aliphatic heterocycles. The monoisotopic (exact) mass is 241 g/mol. The molecule has 0 aromatic carbocycles. The first-order chi connectivity index (χ1) is 8.15. The van der Waals surface area contributed by atoms with Crippen molar-refractivity contribution in [2.24, 2.45) is 0 Å². The van der Waals surface area contributed by atoms with Gasteiger partial charge in [-0.05, 0) is 12.8 Å². The van der Waals surface area contributed by atoms with Crippen molar-refractivity contribution < 1.29 is 9.59 Å². The molecule has 1 N–H and O–H groups in total. The van der Waals surface area contributed by atoms with Gasteiger partial charge >= 0.3 is 6.03 Å². The minimum atomic E-state index is 0.00357. The number of hydrogen-bond acceptors (Lipinski definition) is 2. The molecular weight excluding hydrogens is 218 g/mol. The van der Waals surface area contributed by atoms with Gasteiger partial charge in [0, 0.05) is 39.6 Å². The zero-order valence-corrected chi connectivity index (χ0v) is 10.9. The molecule has 0 atom stereocenters. The summed E-state index contributed by atoms with van der Waals surface area (Å²) in [4.78, 5) is 26.7. The van der Waals surface area contributed by atoms with Gasteiger partial charge in [0.1, 0.15) is 0 Å². The van der Waals surface area contributed by atoms with Crippen LogP contribution in [0.4, 0.5) is 4.79 Å². The van der Waals surface area contributed by atoms with Gasteiger partial charge in [-0.3, -0.25) is 4.79 Å². The first kappa shape index (κ1) is 13.8. The Hall–Kier alpha value is -1.26. The SMILES string of the molecule is CCCCNC(=O)N1CCCN(C(C)=O)CC1. The predicted molar refractivity (Wildman–Crippen MR) is 66.8 cm³/mol. The lowest BCUT2D eigenvalue weighted by Gasteiger charge is -2.21. The summed E-state index contributed by atoms with van der Waals surface area (Å²) < 4.78 is 0. The van der Waals surface area contributed by atoms with Gasteiger partial charge in [-0.15, -0.1) is 0 Å². The third kappa shape index (κ3) is 4.63. The maximum absolute atomic E-state index is 11.8. The van der Waals surface area contributed by atoms with Crippen molar-refractivity contribution >= 4 is 11.9 Å². The van der Waals surface area contributed by atoms with Gasteiger partial charge in [-0.25, -0.2) is 4.79 Å². The molecule has 1 fully saturated rings.